The lowest BCUT2D eigenvalue weighted by Gasteiger charge is -2.25. The second-order valence-corrected chi connectivity index (χ2v) is 9.21. The second kappa shape index (κ2) is 10.9. The smallest absolute Gasteiger partial charge is 0.322 e. The number of rotatable bonds is 10. The van der Waals surface area contributed by atoms with E-state index in [0.717, 1.165) is 0 Å². The Morgan fingerprint density at radius 3 is 2.26 bits per heavy atom. The number of urea groups is 1. The third-order valence-electron chi connectivity index (χ3n) is 4.39. The van der Waals surface area contributed by atoms with Gasteiger partial charge in [-0.15, -0.1) is 0 Å². The fourth-order valence-electron chi connectivity index (χ4n) is 2.84. The molecule has 0 saturated carbocycles. The van der Waals surface area contributed by atoms with E-state index in [0.29, 0.717) is 29.3 Å². The molecule has 2 aromatic rings. The van der Waals surface area contributed by atoms with Crippen molar-refractivity contribution >= 4 is 21.8 Å². The molecule has 0 heterocycles. The molecule has 170 valence electrons. The number of amides is 2. The zero-order valence-corrected chi connectivity index (χ0v) is 19.4. The van der Waals surface area contributed by atoms with Crippen molar-refractivity contribution in [3.05, 3.63) is 48.0 Å². The maximum absolute atomic E-state index is 12.9. The first-order chi connectivity index (χ1) is 14.7. The summed E-state index contributed by atoms with van der Waals surface area (Å²) < 4.78 is 39.3. The van der Waals surface area contributed by atoms with Crippen LogP contribution in [-0.2, 0) is 16.7 Å². The Labute approximate surface area is 184 Å². The molecule has 0 atom stereocenters. The van der Waals surface area contributed by atoms with Crippen molar-refractivity contribution < 1.29 is 26.9 Å². The largest absolute Gasteiger partial charge is 0.497 e. The number of carbonyl (C=O) groups excluding carboxylic acids is 1. The molecule has 2 aromatic carbocycles. The Hall–Kier alpha value is -2.94. The molecule has 2 rings (SSSR count). The molecule has 1 N–H and O–H groups in total. The summed E-state index contributed by atoms with van der Waals surface area (Å²) in [6, 6.07) is 11.8. The second-order valence-electron chi connectivity index (χ2n) is 7.35. The summed E-state index contributed by atoms with van der Waals surface area (Å²) in [5, 5.41) is 2.88. The number of hydrogen-bond donors (Lipinski definition) is 1. The van der Waals surface area contributed by atoms with Gasteiger partial charge in [0.2, 0.25) is 0 Å². The predicted molar refractivity (Wildman–Crippen MR) is 120 cm³/mol. The molecule has 9 heteroatoms. The minimum atomic E-state index is -3.72. The molecule has 0 aliphatic rings. The Balaban J connectivity index is 2.23. The number of methoxy groups -OCH3 is 2. The summed E-state index contributed by atoms with van der Waals surface area (Å²) in [6.07, 6.45) is 0. The van der Waals surface area contributed by atoms with Gasteiger partial charge in [-0.3, -0.25) is 0 Å². The van der Waals surface area contributed by atoms with Gasteiger partial charge in [-0.25, -0.2) is 4.79 Å². The Bertz CT molecular complexity index is 974. The van der Waals surface area contributed by atoms with Crippen molar-refractivity contribution in [2.45, 2.75) is 27.3 Å². The van der Waals surface area contributed by atoms with E-state index in [1.54, 1.807) is 54.5 Å². The molecule has 31 heavy (non-hydrogen) atoms. The van der Waals surface area contributed by atoms with Crippen LogP contribution in [-0.4, -0.2) is 45.9 Å². The first-order valence-corrected chi connectivity index (χ1v) is 11.5. The van der Waals surface area contributed by atoms with E-state index >= 15 is 0 Å². The number of nitrogens with one attached hydrogen (secondary N) is 1. The minimum Gasteiger partial charge on any atom is -0.497 e. The Morgan fingerprint density at radius 2 is 1.71 bits per heavy atom. The highest BCUT2D eigenvalue weighted by Gasteiger charge is 2.19. The standard InChI is InChI=1S/C22H30N2O6S/c1-6-31(26,27)30-21-13-17(7-12-20(21)29-5)15-24(14-16(2)3)22(25)23-18-8-10-19(28-4)11-9-18/h7-13,16H,6,14-15H2,1-5H3,(H,23,25). The number of hydrogen-bond acceptors (Lipinski definition) is 6. The molecule has 0 aliphatic carbocycles. The van der Waals surface area contributed by atoms with Crippen LogP contribution in [0.3, 0.4) is 0 Å². The fourth-order valence-corrected chi connectivity index (χ4v) is 3.36. The summed E-state index contributed by atoms with van der Waals surface area (Å²) >= 11 is 0. The third kappa shape index (κ3) is 7.36. The number of carbonyl (C=O) groups is 1. The lowest BCUT2D eigenvalue weighted by atomic mass is 10.1. The average molecular weight is 451 g/mol. The van der Waals surface area contributed by atoms with Gasteiger partial charge in [-0.2, -0.15) is 8.42 Å². The lowest BCUT2D eigenvalue weighted by molar-refractivity contribution is 0.201. The zero-order valence-electron chi connectivity index (χ0n) is 18.5. The summed E-state index contributed by atoms with van der Waals surface area (Å²) in [6.45, 7) is 6.32. The lowest BCUT2D eigenvalue weighted by Crippen LogP contribution is -2.37. The van der Waals surface area contributed by atoms with Crippen molar-refractivity contribution in [2.75, 3.05) is 31.8 Å². The van der Waals surface area contributed by atoms with Crippen LogP contribution in [0.4, 0.5) is 10.5 Å². The summed E-state index contributed by atoms with van der Waals surface area (Å²) in [5.41, 5.74) is 1.36. The topological polar surface area (TPSA) is 94.2 Å². The maximum Gasteiger partial charge on any atom is 0.322 e. The molecule has 0 aromatic heterocycles. The Kier molecular flexibility index (Phi) is 8.56. The Morgan fingerprint density at radius 1 is 1.03 bits per heavy atom. The van der Waals surface area contributed by atoms with Crippen LogP contribution in [0.5, 0.6) is 17.2 Å². The van der Waals surface area contributed by atoms with Gasteiger partial charge >= 0.3 is 16.1 Å². The molecule has 0 aliphatic heterocycles. The molecule has 0 fully saturated rings. The minimum absolute atomic E-state index is 0.0990. The van der Waals surface area contributed by atoms with Crippen LogP contribution >= 0.6 is 0 Å². The number of benzene rings is 2. The SMILES string of the molecule is CCS(=O)(=O)Oc1cc(CN(CC(C)C)C(=O)Nc2ccc(OC)cc2)ccc1OC. The van der Waals surface area contributed by atoms with Crippen molar-refractivity contribution in [1.82, 2.24) is 4.90 Å². The monoisotopic (exact) mass is 450 g/mol. The van der Waals surface area contributed by atoms with Gasteiger partial charge in [-0.05, 0) is 54.8 Å². The van der Waals surface area contributed by atoms with E-state index in [4.69, 9.17) is 13.7 Å². The van der Waals surface area contributed by atoms with Gasteiger partial charge < -0.3 is 23.9 Å². The van der Waals surface area contributed by atoms with Crippen molar-refractivity contribution in [2.24, 2.45) is 5.92 Å². The van der Waals surface area contributed by atoms with Crippen molar-refractivity contribution in [3.8, 4) is 17.2 Å². The first-order valence-electron chi connectivity index (χ1n) is 9.96. The van der Waals surface area contributed by atoms with Gasteiger partial charge in [0.05, 0.1) is 20.0 Å². The van der Waals surface area contributed by atoms with Gasteiger partial charge in [0.25, 0.3) is 0 Å². The quantitative estimate of drug-likeness (QED) is 0.547. The summed E-state index contributed by atoms with van der Waals surface area (Å²) in [4.78, 5) is 14.6. The highest BCUT2D eigenvalue weighted by Crippen LogP contribution is 2.30. The summed E-state index contributed by atoms with van der Waals surface area (Å²) in [5.74, 6) is 1.17. The average Bonchev–Trinajstić information content (AvgIpc) is 2.73. The van der Waals surface area contributed by atoms with E-state index in [1.807, 2.05) is 13.8 Å². The molecular weight excluding hydrogens is 420 g/mol. The van der Waals surface area contributed by atoms with Crippen LogP contribution in [0.2, 0.25) is 0 Å². The number of ether oxygens (including phenoxy) is 2. The van der Waals surface area contributed by atoms with Crippen LogP contribution in [0.25, 0.3) is 0 Å². The highest BCUT2D eigenvalue weighted by molar-refractivity contribution is 7.87. The molecular formula is C22H30N2O6S. The molecule has 8 nitrogen and oxygen atoms in total. The van der Waals surface area contributed by atoms with E-state index in [2.05, 4.69) is 5.32 Å². The maximum atomic E-state index is 12.9. The molecule has 0 unspecified atom stereocenters. The van der Waals surface area contributed by atoms with Gasteiger partial charge in [0.1, 0.15) is 5.75 Å². The van der Waals surface area contributed by atoms with Crippen molar-refractivity contribution in [3.63, 3.8) is 0 Å². The molecule has 0 bridgehead atoms. The van der Waals surface area contributed by atoms with Crippen LogP contribution in [0.15, 0.2) is 42.5 Å². The van der Waals surface area contributed by atoms with Crippen LogP contribution in [0.1, 0.15) is 26.3 Å². The molecule has 0 radical (unpaired) electrons. The highest BCUT2D eigenvalue weighted by atomic mass is 32.2. The molecule has 0 saturated heterocycles. The van der Waals surface area contributed by atoms with E-state index in [-0.39, 0.29) is 30.0 Å². The van der Waals surface area contributed by atoms with Crippen LogP contribution in [0, 0.1) is 5.92 Å². The predicted octanol–water partition coefficient (Wildman–Crippen LogP) is 4.12. The van der Waals surface area contributed by atoms with E-state index in [9.17, 15) is 13.2 Å². The van der Waals surface area contributed by atoms with Crippen LogP contribution < -0.4 is 19.0 Å². The third-order valence-corrected chi connectivity index (χ3v) is 5.53. The van der Waals surface area contributed by atoms with Gasteiger partial charge in [0, 0.05) is 18.8 Å². The first kappa shape index (κ1) is 24.3. The zero-order chi connectivity index (χ0) is 23.0. The number of anilines is 1. The molecule has 2 amide bonds. The number of nitrogens with zero attached hydrogens (tertiary/aromatic N) is 1. The van der Waals surface area contributed by atoms with E-state index in [1.165, 1.54) is 14.0 Å². The van der Waals surface area contributed by atoms with Crippen molar-refractivity contribution in [1.29, 1.82) is 0 Å². The molecule has 0 spiro atoms. The normalized spacial score (nSPS) is 11.2. The van der Waals surface area contributed by atoms with Gasteiger partial charge in [-0.1, -0.05) is 19.9 Å². The summed E-state index contributed by atoms with van der Waals surface area (Å²) in [7, 11) is -0.697. The van der Waals surface area contributed by atoms with E-state index < -0.39 is 10.1 Å². The fraction of sp³-hybridized carbons (Fsp3) is 0.409. The van der Waals surface area contributed by atoms with Gasteiger partial charge in [0.15, 0.2) is 11.5 Å².